The van der Waals surface area contributed by atoms with Crippen molar-refractivity contribution in [1.82, 2.24) is 5.32 Å². The highest BCUT2D eigenvalue weighted by Gasteiger charge is 2.28. The SMILES string of the molecule is O=C(O)CC(NC(=O)CP(=O)(O)OCl)C(=O)O. The topological polar surface area (TPSA) is 150 Å². The molecule has 0 bridgehead atoms. The summed E-state index contributed by atoms with van der Waals surface area (Å²) >= 11 is 4.62. The quantitative estimate of drug-likeness (QED) is 0.453. The smallest absolute Gasteiger partial charge is 0.353 e. The maximum absolute atomic E-state index is 11.1. The number of amides is 1. The van der Waals surface area contributed by atoms with E-state index < -0.39 is 44.1 Å². The molecule has 98 valence electrons. The summed E-state index contributed by atoms with van der Waals surface area (Å²) in [5, 5.41) is 18.7. The van der Waals surface area contributed by atoms with Crippen molar-refractivity contribution < 1.29 is 38.1 Å². The number of carboxylic acids is 2. The van der Waals surface area contributed by atoms with Crippen LogP contribution in [0.15, 0.2) is 0 Å². The van der Waals surface area contributed by atoms with Crippen molar-refractivity contribution in [3.8, 4) is 0 Å². The first-order chi connectivity index (χ1) is 7.68. The summed E-state index contributed by atoms with van der Waals surface area (Å²) in [6.45, 7) is 0. The third kappa shape index (κ3) is 6.90. The second-order valence-corrected chi connectivity index (χ2v) is 5.06. The maximum Gasteiger partial charge on any atom is 0.353 e. The van der Waals surface area contributed by atoms with Crippen LogP contribution in [-0.4, -0.2) is 45.2 Å². The van der Waals surface area contributed by atoms with Gasteiger partial charge in [0.25, 0.3) is 0 Å². The standard InChI is InChI=1S/C6H9ClNO8P/c7-16-17(14,15)2-4(9)8-3(6(12)13)1-5(10)11/h3H,1-2H2,(H,8,9)(H,10,11)(H,12,13)(H,14,15). The minimum Gasteiger partial charge on any atom is -0.481 e. The molecule has 0 aliphatic rings. The molecule has 0 aliphatic heterocycles. The van der Waals surface area contributed by atoms with Crippen LogP contribution in [-0.2, 0) is 23.0 Å². The third-order valence-electron chi connectivity index (χ3n) is 1.46. The van der Waals surface area contributed by atoms with Crippen molar-refractivity contribution in [1.29, 1.82) is 0 Å². The van der Waals surface area contributed by atoms with Gasteiger partial charge in [0.2, 0.25) is 5.91 Å². The van der Waals surface area contributed by atoms with Crippen molar-refractivity contribution in [2.24, 2.45) is 0 Å². The predicted molar refractivity (Wildman–Crippen MR) is 53.4 cm³/mol. The van der Waals surface area contributed by atoms with Gasteiger partial charge in [-0.1, -0.05) is 0 Å². The van der Waals surface area contributed by atoms with Gasteiger partial charge in [0.15, 0.2) is 0 Å². The molecule has 2 atom stereocenters. The largest absolute Gasteiger partial charge is 0.481 e. The van der Waals surface area contributed by atoms with Gasteiger partial charge in [-0.25, -0.2) is 4.79 Å². The Kier molecular flexibility index (Phi) is 6.11. The number of aliphatic carboxylic acids is 2. The minimum atomic E-state index is -4.34. The van der Waals surface area contributed by atoms with Crippen LogP contribution >= 0.6 is 19.5 Å². The molecule has 0 spiro atoms. The van der Waals surface area contributed by atoms with Gasteiger partial charge < -0.3 is 20.4 Å². The molecular weight excluding hydrogens is 280 g/mol. The van der Waals surface area contributed by atoms with E-state index in [1.165, 1.54) is 0 Å². The van der Waals surface area contributed by atoms with Crippen LogP contribution in [0, 0.1) is 0 Å². The highest BCUT2D eigenvalue weighted by Crippen LogP contribution is 2.42. The fraction of sp³-hybridized carbons (Fsp3) is 0.500. The number of hydrogen-bond acceptors (Lipinski definition) is 5. The lowest BCUT2D eigenvalue weighted by molar-refractivity contribution is -0.147. The zero-order valence-corrected chi connectivity index (χ0v) is 9.85. The van der Waals surface area contributed by atoms with Crippen LogP contribution in [0.5, 0.6) is 0 Å². The molecule has 0 fully saturated rings. The van der Waals surface area contributed by atoms with Crippen molar-refractivity contribution in [3.05, 3.63) is 0 Å². The van der Waals surface area contributed by atoms with E-state index >= 15 is 0 Å². The van der Waals surface area contributed by atoms with Gasteiger partial charge in [0.05, 0.1) is 18.3 Å². The summed E-state index contributed by atoms with van der Waals surface area (Å²) in [7, 11) is -4.34. The lowest BCUT2D eigenvalue weighted by atomic mass is 10.2. The van der Waals surface area contributed by atoms with Crippen LogP contribution in [0.25, 0.3) is 0 Å². The Balaban J connectivity index is 4.47. The molecule has 0 aromatic rings. The Morgan fingerprint density at radius 2 is 1.88 bits per heavy atom. The average Bonchev–Trinajstić information content (AvgIpc) is 2.15. The summed E-state index contributed by atoms with van der Waals surface area (Å²) in [5.41, 5.74) is 0. The Bertz CT molecular complexity index is 371. The van der Waals surface area contributed by atoms with E-state index in [4.69, 9.17) is 15.1 Å². The number of carbonyl (C=O) groups is 3. The van der Waals surface area contributed by atoms with E-state index in [-0.39, 0.29) is 0 Å². The number of hydrogen-bond donors (Lipinski definition) is 4. The van der Waals surface area contributed by atoms with Crippen molar-refractivity contribution in [2.45, 2.75) is 12.5 Å². The summed E-state index contributed by atoms with van der Waals surface area (Å²) in [6.07, 6.45) is -1.93. The molecule has 0 saturated heterocycles. The van der Waals surface area contributed by atoms with Gasteiger partial charge in [-0.3, -0.25) is 14.2 Å². The molecule has 11 heteroatoms. The van der Waals surface area contributed by atoms with Crippen molar-refractivity contribution >= 4 is 37.3 Å². The van der Waals surface area contributed by atoms with Gasteiger partial charge in [0.1, 0.15) is 12.2 Å². The lowest BCUT2D eigenvalue weighted by Gasteiger charge is -2.13. The maximum atomic E-state index is 11.1. The molecule has 2 unspecified atom stereocenters. The van der Waals surface area contributed by atoms with Crippen LogP contribution in [0.4, 0.5) is 0 Å². The molecule has 9 nitrogen and oxygen atoms in total. The van der Waals surface area contributed by atoms with E-state index in [0.717, 1.165) is 0 Å². The molecule has 4 N–H and O–H groups in total. The van der Waals surface area contributed by atoms with E-state index in [1.54, 1.807) is 5.32 Å². The highest BCUT2D eigenvalue weighted by atomic mass is 35.5. The van der Waals surface area contributed by atoms with Gasteiger partial charge in [-0.15, -0.1) is 0 Å². The Morgan fingerprint density at radius 1 is 1.35 bits per heavy atom. The molecule has 0 saturated carbocycles. The van der Waals surface area contributed by atoms with Gasteiger partial charge in [0, 0.05) is 0 Å². The van der Waals surface area contributed by atoms with E-state index in [9.17, 15) is 18.9 Å². The summed E-state index contributed by atoms with van der Waals surface area (Å²) in [6, 6.07) is -1.70. The first-order valence-electron chi connectivity index (χ1n) is 4.04. The molecule has 0 aromatic heterocycles. The molecule has 0 rings (SSSR count). The summed E-state index contributed by atoms with van der Waals surface area (Å²) in [4.78, 5) is 40.7. The van der Waals surface area contributed by atoms with Crippen LogP contribution < -0.4 is 5.32 Å². The number of rotatable bonds is 7. The normalized spacial score (nSPS) is 15.6. The van der Waals surface area contributed by atoms with Crippen LogP contribution in [0.2, 0.25) is 0 Å². The minimum absolute atomic E-state index is 0.863. The third-order valence-corrected chi connectivity index (χ3v) is 3.01. The van der Waals surface area contributed by atoms with E-state index in [2.05, 4.69) is 15.9 Å². The van der Waals surface area contributed by atoms with Crippen LogP contribution in [0.3, 0.4) is 0 Å². The Morgan fingerprint density at radius 3 is 2.24 bits per heavy atom. The summed E-state index contributed by atoms with van der Waals surface area (Å²) < 4.78 is 14.4. The lowest BCUT2D eigenvalue weighted by Crippen LogP contribution is -2.43. The number of nitrogens with one attached hydrogen (secondary N) is 1. The molecule has 0 aromatic carbocycles. The van der Waals surface area contributed by atoms with Gasteiger partial charge in [-0.05, 0) is 0 Å². The van der Waals surface area contributed by atoms with E-state index in [1.807, 2.05) is 0 Å². The van der Waals surface area contributed by atoms with Crippen molar-refractivity contribution in [2.75, 3.05) is 6.16 Å². The number of carbonyl (C=O) groups excluding carboxylic acids is 1. The predicted octanol–water partition coefficient (Wildman–Crippen LogP) is -0.614. The highest BCUT2D eigenvalue weighted by molar-refractivity contribution is 7.54. The molecule has 0 radical (unpaired) electrons. The fourth-order valence-electron chi connectivity index (χ4n) is 0.821. The van der Waals surface area contributed by atoms with Gasteiger partial charge >= 0.3 is 19.5 Å². The molecule has 1 amide bonds. The second-order valence-electron chi connectivity index (χ2n) is 2.92. The second kappa shape index (κ2) is 6.55. The fourth-order valence-corrected chi connectivity index (χ4v) is 1.47. The van der Waals surface area contributed by atoms with Gasteiger partial charge in [-0.2, -0.15) is 4.08 Å². The first kappa shape index (κ1) is 15.9. The molecule has 0 heterocycles. The Hall–Kier alpha value is -1.15. The molecular formula is C6H9ClNO8P. The van der Waals surface area contributed by atoms with E-state index in [0.29, 0.717) is 0 Å². The number of carboxylic acid groups (broad SMARTS) is 2. The summed E-state index contributed by atoms with van der Waals surface area (Å²) in [5.74, 6) is -4.19. The van der Waals surface area contributed by atoms with Crippen molar-refractivity contribution in [3.63, 3.8) is 0 Å². The average molecular weight is 290 g/mol. The molecule has 0 aliphatic carbocycles. The molecule has 17 heavy (non-hydrogen) atoms. The monoisotopic (exact) mass is 289 g/mol. The first-order valence-corrected chi connectivity index (χ1v) is 6.11. The van der Waals surface area contributed by atoms with Crippen LogP contribution in [0.1, 0.15) is 6.42 Å². The zero-order valence-electron chi connectivity index (χ0n) is 8.20. The number of halogens is 1. The zero-order chi connectivity index (χ0) is 13.6. The Labute approximate surface area is 100 Å².